The molecule has 0 atom stereocenters. The van der Waals surface area contributed by atoms with Gasteiger partial charge in [0.2, 0.25) is 0 Å². The summed E-state index contributed by atoms with van der Waals surface area (Å²) in [5.74, 6) is 0. The van der Waals surface area contributed by atoms with Gasteiger partial charge in [-0.3, -0.25) is 0 Å². The second-order valence-corrected chi connectivity index (χ2v) is 5.50. The van der Waals surface area contributed by atoms with Gasteiger partial charge in [0.1, 0.15) is 6.61 Å². The van der Waals surface area contributed by atoms with E-state index in [1.165, 1.54) is 0 Å². The fourth-order valence-corrected chi connectivity index (χ4v) is 2.47. The van der Waals surface area contributed by atoms with Gasteiger partial charge in [-0.1, -0.05) is 48.5 Å². The van der Waals surface area contributed by atoms with Crippen LogP contribution in [0.25, 0.3) is 0 Å². The van der Waals surface area contributed by atoms with Crippen molar-refractivity contribution in [3.63, 3.8) is 0 Å². The lowest BCUT2D eigenvalue weighted by atomic mass is 10.2. The molecule has 0 aromatic heterocycles. The molecule has 2 aromatic rings. The summed E-state index contributed by atoms with van der Waals surface area (Å²) >= 11 is 0. The highest BCUT2D eigenvalue weighted by atomic mass is 31.2. The first kappa shape index (κ1) is 12.2. The summed E-state index contributed by atoms with van der Waals surface area (Å²) in [6.07, 6.45) is 0. The molecule has 0 aliphatic carbocycles. The first-order chi connectivity index (χ1) is 8.18. The molecule has 0 aliphatic heterocycles. The molecule has 0 fully saturated rings. The Morgan fingerprint density at radius 2 is 1.35 bits per heavy atom. The minimum atomic E-state index is -3.46. The van der Waals surface area contributed by atoms with E-state index >= 15 is 0 Å². The SMILES string of the molecule is O[P+](O)(OCc1ccccc1)c1ccccc1. The summed E-state index contributed by atoms with van der Waals surface area (Å²) in [6, 6.07) is 18.1. The van der Waals surface area contributed by atoms with Crippen LogP contribution in [0.4, 0.5) is 0 Å². The summed E-state index contributed by atoms with van der Waals surface area (Å²) in [4.78, 5) is 19.8. The van der Waals surface area contributed by atoms with Crippen LogP contribution in [0, 0.1) is 0 Å². The zero-order valence-electron chi connectivity index (χ0n) is 9.23. The van der Waals surface area contributed by atoms with Gasteiger partial charge in [-0.15, -0.1) is 0 Å². The first-order valence-electron chi connectivity index (χ1n) is 5.27. The lowest BCUT2D eigenvalue weighted by Gasteiger charge is -2.10. The molecule has 0 unspecified atom stereocenters. The maximum Gasteiger partial charge on any atom is 0.443 e. The predicted molar refractivity (Wildman–Crippen MR) is 68.7 cm³/mol. The van der Waals surface area contributed by atoms with Gasteiger partial charge in [0.15, 0.2) is 5.30 Å². The second kappa shape index (κ2) is 5.39. The molecule has 0 radical (unpaired) electrons. The third-order valence-corrected chi connectivity index (χ3v) is 3.81. The van der Waals surface area contributed by atoms with Crippen molar-refractivity contribution in [3.8, 4) is 0 Å². The van der Waals surface area contributed by atoms with Crippen molar-refractivity contribution in [2.24, 2.45) is 0 Å². The quantitative estimate of drug-likeness (QED) is 0.817. The molecule has 4 heteroatoms. The van der Waals surface area contributed by atoms with E-state index < -0.39 is 7.94 Å². The molecule has 0 heterocycles. The largest absolute Gasteiger partial charge is 0.443 e. The van der Waals surface area contributed by atoms with Crippen molar-refractivity contribution in [1.82, 2.24) is 0 Å². The molecule has 17 heavy (non-hydrogen) atoms. The standard InChI is InChI=1S/C13H14O3P/c14-17(15,13-9-5-2-6-10-13)16-11-12-7-3-1-4-8-12/h1-10,14-15H,11H2/q+1. The van der Waals surface area contributed by atoms with Gasteiger partial charge in [0.05, 0.1) is 0 Å². The number of hydrogen-bond donors (Lipinski definition) is 2. The molecule has 0 aliphatic rings. The summed E-state index contributed by atoms with van der Waals surface area (Å²) in [5, 5.41) is 0.427. The lowest BCUT2D eigenvalue weighted by molar-refractivity contribution is 0.231. The molecule has 2 N–H and O–H groups in total. The van der Waals surface area contributed by atoms with Crippen LogP contribution in [0.2, 0.25) is 0 Å². The Bertz CT molecular complexity index is 457. The highest BCUT2D eigenvalue weighted by Crippen LogP contribution is 2.50. The molecule has 2 rings (SSSR count). The molecular formula is C13H14O3P+. The second-order valence-electron chi connectivity index (χ2n) is 3.64. The van der Waals surface area contributed by atoms with Crippen LogP contribution in [0.15, 0.2) is 60.7 Å². The maximum atomic E-state index is 9.89. The van der Waals surface area contributed by atoms with Crippen LogP contribution < -0.4 is 5.30 Å². The molecule has 0 amide bonds. The molecule has 88 valence electrons. The Kier molecular flexibility index (Phi) is 3.87. The topological polar surface area (TPSA) is 49.7 Å². The lowest BCUT2D eigenvalue weighted by Crippen LogP contribution is -2.12. The zero-order valence-corrected chi connectivity index (χ0v) is 10.1. The molecule has 0 spiro atoms. The van der Waals surface area contributed by atoms with Crippen LogP contribution in [-0.2, 0) is 11.1 Å². The third-order valence-electron chi connectivity index (χ3n) is 2.35. The number of hydrogen-bond acceptors (Lipinski definition) is 3. The minimum Gasteiger partial charge on any atom is -0.188 e. The Labute approximate surface area is 101 Å². The fraction of sp³-hybridized carbons (Fsp3) is 0.0769. The normalized spacial score (nSPS) is 11.4. The van der Waals surface area contributed by atoms with Gasteiger partial charge in [-0.25, -0.2) is 0 Å². The van der Waals surface area contributed by atoms with Crippen molar-refractivity contribution in [2.45, 2.75) is 6.61 Å². The molecule has 0 saturated carbocycles. The Morgan fingerprint density at radius 1 is 0.824 bits per heavy atom. The minimum absolute atomic E-state index is 0.191. The molecule has 3 nitrogen and oxygen atoms in total. The van der Waals surface area contributed by atoms with E-state index in [0.29, 0.717) is 5.30 Å². The van der Waals surface area contributed by atoms with Gasteiger partial charge >= 0.3 is 7.94 Å². The Balaban J connectivity index is 2.03. The van der Waals surface area contributed by atoms with E-state index in [2.05, 4.69) is 0 Å². The Hall–Kier alpha value is -1.25. The van der Waals surface area contributed by atoms with Gasteiger partial charge < -0.3 is 0 Å². The van der Waals surface area contributed by atoms with Crippen LogP contribution in [0.1, 0.15) is 5.56 Å². The maximum absolute atomic E-state index is 9.89. The molecule has 2 aromatic carbocycles. The summed E-state index contributed by atoms with van der Waals surface area (Å²) in [7, 11) is -3.46. The van der Waals surface area contributed by atoms with Crippen LogP contribution in [0.3, 0.4) is 0 Å². The summed E-state index contributed by atoms with van der Waals surface area (Å²) in [5.41, 5.74) is 0.913. The zero-order chi connectivity index (χ0) is 12.1. The van der Waals surface area contributed by atoms with Gasteiger partial charge in [0, 0.05) is 0 Å². The van der Waals surface area contributed by atoms with E-state index in [-0.39, 0.29) is 6.61 Å². The van der Waals surface area contributed by atoms with Gasteiger partial charge in [0.25, 0.3) is 0 Å². The van der Waals surface area contributed by atoms with Crippen LogP contribution >= 0.6 is 7.94 Å². The summed E-state index contributed by atoms with van der Waals surface area (Å²) < 4.78 is 5.22. The van der Waals surface area contributed by atoms with Crippen molar-refractivity contribution in [1.29, 1.82) is 0 Å². The predicted octanol–water partition coefficient (Wildman–Crippen LogP) is 2.28. The van der Waals surface area contributed by atoms with E-state index in [9.17, 15) is 9.79 Å². The average Bonchev–Trinajstić information content (AvgIpc) is 2.39. The van der Waals surface area contributed by atoms with E-state index in [1.54, 1.807) is 24.3 Å². The van der Waals surface area contributed by atoms with Crippen LogP contribution in [0.5, 0.6) is 0 Å². The van der Waals surface area contributed by atoms with Gasteiger partial charge in [-0.05, 0) is 17.7 Å². The highest BCUT2D eigenvalue weighted by molar-refractivity contribution is 7.67. The molecular weight excluding hydrogens is 235 g/mol. The third kappa shape index (κ3) is 3.35. The van der Waals surface area contributed by atoms with Gasteiger partial charge in [-0.2, -0.15) is 14.3 Å². The van der Waals surface area contributed by atoms with Crippen molar-refractivity contribution in [3.05, 3.63) is 66.2 Å². The average molecular weight is 249 g/mol. The van der Waals surface area contributed by atoms with E-state index in [4.69, 9.17) is 4.52 Å². The molecule has 0 saturated heterocycles. The van der Waals surface area contributed by atoms with E-state index in [0.717, 1.165) is 5.56 Å². The molecule has 0 bridgehead atoms. The number of rotatable bonds is 4. The Morgan fingerprint density at radius 3 is 1.94 bits per heavy atom. The smallest absolute Gasteiger partial charge is 0.188 e. The summed E-state index contributed by atoms with van der Waals surface area (Å²) in [6.45, 7) is 0.191. The van der Waals surface area contributed by atoms with Crippen LogP contribution in [-0.4, -0.2) is 9.79 Å². The van der Waals surface area contributed by atoms with Crippen molar-refractivity contribution < 1.29 is 14.3 Å². The highest BCUT2D eigenvalue weighted by Gasteiger charge is 2.39. The van der Waals surface area contributed by atoms with Crippen molar-refractivity contribution in [2.75, 3.05) is 0 Å². The van der Waals surface area contributed by atoms with Crippen molar-refractivity contribution >= 4 is 13.2 Å². The monoisotopic (exact) mass is 249 g/mol. The fourth-order valence-electron chi connectivity index (χ4n) is 1.44. The first-order valence-corrected chi connectivity index (χ1v) is 6.88. The number of benzene rings is 2. The van der Waals surface area contributed by atoms with E-state index in [1.807, 2.05) is 36.4 Å².